The van der Waals surface area contributed by atoms with Gasteiger partial charge in [0.15, 0.2) is 11.5 Å². The van der Waals surface area contributed by atoms with Crippen molar-refractivity contribution in [2.24, 2.45) is 5.92 Å². The second-order valence-electron chi connectivity index (χ2n) is 7.28. The normalized spacial score (nSPS) is 27.0. The third kappa shape index (κ3) is 3.65. The molecule has 1 aromatic rings. The SMILES string of the molecule is COc1ccc([C@]2(C=O)CC[C@@H](C(=O)O)CC2)cc1OC1CCCC1. The van der Waals surface area contributed by atoms with Crippen LogP contribution in [0.25, 0.3) is 0 Å². The number of carboxylic acid groups (broad SMARTS) is 1. The number of hydrogen-bond donors (Lipinski definition) is 1. The lowest BCUT2D eigenvalue weighted by molar-refractivity contribution is -0.143. The van der Waals surface area contributed by atoms with Crippen LogP contribution in [0.2, 0.25) is 0 Å². The largest absolute Gasteiger partial charge is 0.493 e. The Morgan fingerprint density at radius 1 is 1.16 bits per heavy atom. The molecule has 1 N–H and O–H groups in total. The van der Waals surface area contributed by atoms with E-state index in [1.54, 1.807) is 7.11 Å². The van der Waals surface area contributed by atoms with Crippen molar-refractivity contribution in [3.63, 3.8) is 0 Å². The summed E-state index contributed by atoms with van der Waals surface area (Å²) in [6, 6.07) is 5.69. The molecule has 0 aliphatic heterocycles. The molecule has 0 spiro atoms. The first kappa shape index (κ1) is 17.8. The number of methoxy groups -OCH3 is 1. The van der Waals surface area contributed by atoms with Crippen molar-refractivity contribution in [3.05, 3.63) is 23.8 Å². The first-order valence-electron chi connectivity index (χ1n) is 9.12. The summed E-state index contributed by atoms with van der Waals surface area (Å²) in [7, 11) is 1.62. The summed E-state index contributed by atoms with van der Waals surface area (Å²) >= 11 is 0. The summed E-state index contributed by atoms with van der Waals surface area (Å²) in [6.45, 7) is 0. The van der Waals surface area contributed by atoms with Crippen LogP contribution in [-0.2, 0) is 15.0 Å². The molecule has 0 saturated heterocycles. The lowest BCUT2D eigenvalue weighted by Gasteiger charge is -2.35. The highest BCUT2D eigenvalue weighted by Gasteiger charge is 2.39. The van der Waals surface area contributed by atoms with Crippen molar-refractivity contribution in [2.45, 2.75) is 62.9 Å². The molecular formula is C20H26O5. The Kier molecular flexibility index (Phi) is 5.30. The van der Waals surface area contributed by atoms with Crippen LogP contribution in [0.5, 0.6) is 11.5 Å². The van der Waals surface area contributed by atoms with E-state index in [0.717, 1.165) is 24.7 Å². The van der Waals surface area contributed by atoms with E-state index in [-0.39, 0.29) is 12.0 Å². The highest BCUT2D eigenvalue weighted by atomic mass is 16.5. The predicted molar refractivity (Wildman–Crippen MR) is 93.2 cm³/mol. The van der Waals surface area contributed by atoms with E-state index >= 15 is 0 Å². The van der Waals surface area contributed by atoms with Crippen LogP contribution in [-0.4, -0.2) is 30.6 Å². The Morgan fingerprint density at radius 2 is 1.84 bits per heavy atom. The van der Waals surface area contributed by atoms with Crippen molar-refractivity contribution in [3.8, 4) is 11.5 Å². The van der Waals surface area contributed by atoms with Gasteiger partial charge in [-0.05, 0) is 69.1 Å². The molecule has 25 heavy (non-hydrogen) atoms. The number of aldehydes is 1. The van der Waals surface area contributed by atoms with Gasteiger partial charge in [0.05, 0.1) is 24.5 Å². The minimum atomic E-state index is -0.764. The van der Waals surface area contributed by atoms with Gasteiger partial charge in [0.25, 0.3) is 0 Å². The van der Waals surface area contributed by atoms with Gasteiger partial charge in [-0.25, -0.2) is 0 Å². The fourth-order valence-corrected chi connectivity index (χ4v) is 4.12. The van der Waals surface area contributed by atoms with Crippen molar-refractivity contribution >= 4 is 12.3 Å². The maximum atomic E-state index is 11.9. The molecule has 0 amide bonds. The summed E-state index contributed by atoms with van der Waals surface area (Å²) in [5, 5.41) is 9.20. The van der Waals surface area contributed by atoms with Crippen molar-refractivity contribution in [1.82, 2.24) is 0 Å². The minimum Gasteiger partial charge on any atom is -0.493 e. The van der Waals surface area contributed by atoms with E-state index in [9.17, 15) is 14.7 Å². The molecule has 136 valence electrons. The van der Waals surface area contributed by atoms with Crippen LogP contribution in [0.4, 0.5) is 0 Å². The fourth-order valence-electron chi connectivity index (χ4n) is 4.12. The van der Waals surface area contributed by atoms with Crippen molar-refractivity contribution < 1.29 is 24.2 Å². The van der Waals surface area contributed by atoms with Crippen LogP contribution in [0.1, 0.15) is 56.9 Å². The molecule has 2 aliphatic rings. The maximum absolute atomic E-state index is 11.9. The number of carbonyl (C=O) groups excluding carboxylic acids is 1. The summed E-state index contributed by atoms with van der Waals surface area (Å²) < 4.78 is 11.6. The number of hydrogen-bond acceptors (Lipinski definition) is 4. The second kappa shape index (κ2) is 7.46. The molecule has 0 unspecified atom stereocenters. The lowest BCUT2D eigenvalue weighted by atomic mass is 9.67. The molecule has 3 rings (SSSR count). The van der Waals surface area contributed by atoms with Crippen LogP contribution in [0, 0.1) is 5.92 Å². The second-order valence-corrected chi connectivity index (χ2v) is 7.28. The molecule has 2 saturated carbocycles. The molecule has 0 aromatic heterocycles. The zero-order chi connectivity index (χ0) is 17.9. The quantitative estimate of drug-likeness (QED) is 0.795. The van der Waals surface area contributed by atoms with E-state index in [2.05, 4.69) is 0 Å². The smallest absolute Gasteiger partial charge is 0.306 e. The van der Waals surface area contributed by atoms with Crippen LogP contribution in [0.3, 0.4) is 0 Å². The van der Waals surface area contributed by atoms with Crippen molar-refractivity contribution in [2.75, 3.05) is 7.11 Å². The van der Waals surface area contributed by atoms with Gasteiger partial charge in [0, 0.05) is 0 Å². The summed E-state index contributed by atoms with van der Waals surface area (Å²) in [5.74, 6) is 0.254. The third-order valence-corrected chi connectivity index (χ3v) is 5.79. The molecule has 2 aliphatic carbocycles. The molecular weight excluding hydrogens is 320 g/mol. The van der Waals surface area contributed by atoms with Gasteiger partial charge in [-0.3, -0.25) is 4.79 Å². The topological polar surface area (TPSA) is 72.8 Å². The molecule has 0 radical (unpaired) electrons. The minimum absolute atomic E-state index is 0.207. The van der Waals surface area contributed by atoms with Gasteiger partial charge in [0.2, 0.25) is 0 Å². The van der Waals surface area contributed by atoms with Gasteiger partial charge in [-0.1, -0.05) is 6.07 Å². The van der Waals surface area contributed by atoms with Gasteiger partial charge in [0.1, 0.15) is 6.29 Å². The van der Waals surface area contributed by atoms with Crippen LogP contribution in [0.15, 0.2) is 18.2 Å². The standard InChI is InChI=1S/C20H26O5/c1-24-17-7-6-15(12-18(17)25-16-4-2-3-5-16)20(13-21)10-8-14(9-11-20)19(22)23/h6-7,12-14,16H,2-5,8-11H2,1H3,(H,22,23)/t14-,20-. The van der Waals surface area contributed by atoms with E-state index < -0.39 is 11.4 Å². The molecule has 0 atom stereocenters. The molecule has 5 nitrogen and oxygen atoms in total. The van der Waals surface area contributed by atoms with Gasteiger partial charge in [-0.2, -0.15) is 0 Å². The van der Waals surface area contributed by atoms with Crippen LogP contribution < -0.4 is 9.47 Å². The maximum Gasteiger partial charge on any atom is 0.306 e. The Labute approximate surface area is 148 Å². The number of rotatable bonds is 6. The predicted octanol–water partition coefficient (Wildman–Crippen LogP) is 3.73. The van der Waals surface area contributed by atoms with E-state index in [4.69, 9.17) is 9.47 Å². The first-order chi connectivity index (χ1) is 12.1. The zero-order valence-corrected chi connectivity index (χ0v) is 14.7. The average Bonchev–Trinajstić information content (AvgIpc) is 3.14. The highest BCUT2D eigenvalue weighted by molar-refractivity contribution is 5.73. The lowest BCUT2D eigenvalue weighted by Crippen LogP contribution is -2.35. The van der Waals surface area contributed by atoms with E-state index in [1.807, 2.05) is 18.2 Å². The molecule has 1 aromatic carbocycles. The van der Waals surface area contributed by atoms with E-state index in [1.165, 1.54) is 12.8 Å². The Morgan fingerprint density at radius 3 is 2.40 bits per heavy atom. The third-order valence-electron chi connectivity index (χ3n) is 5.79. The fraction of sp³-hybridized carbons (Fsp3) is 0.600. The summed E-state index contributed by atoms with van der Waals surface area (Å²) in [4.78, 5) is 23.1. The highest BCUT2D eigenvalue weighted by Crippen LogP contribution is 2.43. The number of carboxylic acids is 1. The number of carbonyl (C=O) groups is 2. The van der Waals surface area contributed by atoms with Crippen molar-refractivity contribution in [1.29, 1.82) is 0 Å². The number of ether oxygens (including phenoxy) is 2. The van der Waals surface area contributed by atoms with Gasteiger partial charge >= 0.3 is 5.97 Å². The number of aliphatic carboxylic acids is 1. The zero-order valence-electron chi connectivity index (χ0n) is 14.7. The first-order valence-corrected chi connectivity index (χ1v) is 9.12. The van der Waals surface area contributed by atoms with Gasteiger partial charge < -0.3 is 19.4 Å². The summed E-state index contributed by atoms with van der Waals surface area (Å²) in [6.07, 6.45) is 7.83. The Balaban J connectivity index is 1.84. The molecule has 0 bridgehead atoms. The Bertz CT molecular complexity index is 625. The van der Waals surface area contributed by atoms with Gasteiger partial charge in [-0.15, -0.1) is 0 Å². The monoisotopic (exact) mass is 346 g/mol. The average molecular weight is 346 g/mol. The summed E-state index contributed by atoms with van der Waals surface area (Å²) in [5.41, 5.74) is 0.284. The van der Waals surface area contributed by atoms with Crippen LogP contribution >= 0.6 is 0 Å². The molecule has 2 fully saturated rings. The molecule has 5 heteroatoms. The molecule has 0 heterocycles. The number of benzene rings is 1. The van der Waals surface area contributed by atoms with E-state index in [0.29, 0.717) is 37.2 Å². The Hall–Kier alpha value is -2.04.